The molecule has 1 fully saturated rings. The number of rotatable bonds is 3. The lowest BCUT2D eigenvalue weighted by atomic mass is 10.2. The van der Waals surface area contributed by atoms with Gasteiger partial charge in [-0.05, 0) is 44.5 Å². The third kappa shape index (κ3) is 3.27. The largest absolute Gasteiger partial charge is 0.274 e. The molecule has 0 unspecified atom stereocenters. The van der Waals surface area contributed by atoms with Gasteiger partial charge in [-0.15, -0.1) is 0 Å². The summed E-state index contributed by atoms with van der Waals surface area (Å²) in [5.74, 6) is -0.379. The summed E-state index contributed by atoms with van der Waals surface area (Å²) >= 11 is 1.26. The molecule has 23 heavy (non-hydrogen) atoms. The molecule has 118 valence electrons. The molecule has 0 bridgehead atoms. The van der Waals surface area contributed by atoms with E-state index in [1.165, 1.54) is 16.7 Å². The minimum absolute atomic E-state index is 0.174. The van der Waals surface area contributed by atoms with Gasteiger partial charge >= 0.3 is 0 Å². The van der Waals surface area contributed by atoms with Crippen molar-refractivity contribution in [3.05, 3.63) is 47.3 Å². The lowest BCUT2D eigenvalue weighted by Crippen LogP contribution is -2.31. The van der Waals surface area contributed by atoms with Crippen molar-refractivity contribution in [1.82, 2.24) is 9.97 Å². The highest BCUT2D eigenvalue weighted by atomic mass is 32.2. The lowest BCUT2D eigenvalue weighted by Gasteiger charge is -2.15. The normalized spacial score (nSPS) is 17.9. The molecule has 5 nitrogen and oxygen atoms in total. The van der Waals surface area contributed by atoms with Gasteiger partial charge in [0.1, 0.15) is 5.25 Å². The standard InChI is InChI=1S/C17H17N3O2S/c1-10-5-4-6-13(7-10)20-15(21)9-14(16(20)22)23-17-18-11(2)8-12(3)19-17/h4-8,14H,9H2,1-3H3/t14-/m0/s1. The number of anilines is 1. The van der Waals surface area contributed by atoms with Crippen LogP contribution in [0.3, 0.4) is 0 Å². The number of carbonyl (C=O) groups is 2. The van der Waals surface area contributed by atoms with Crippen LogP contribution in [0.4, 0.5) is 5.69 Å². The number of aryl methyl sites for hydroxylation is 3. The third-order valence-electron chi connectivity index (χ3n) is 3.57. The quantitative estimate of drug-likeness (QED) is 0.641. The Hall–Kier alpha value is -2.21. The Bertz CT molecular complexity index is 771. The van der Waals surface area contributed by atoms with E-state index in [2.05, 4.69) is 9.97 Å². The number of amides is 2. The molecule has 2 aromatic rings. The van der Waals surface area contributed by atoms with Crippen molar-refractivity contribution in [2.45, 2.75) is 37.6 Å². The second kappa shape index (κ2) is 6.12. The molecule has 1 saturated heterocycles. The van der Waals surface area contributed by atoms with E-state index < -0.39 is 5.25 Å². The second-order valence-corrected chi connectivity index (χ2v) is 6.82. The van der Waals surface area contributed by atoms with E-state index in [9.17, 15) is 9.59 Å². The summed E-state index contributed by atoms with van der Waals surface area (Å²) in [6.07, 6.45) is 0.174. The maximum atomic E-state index is 12.6. The predicted octanol–water partition coefficient (Wildman–Crippen LogP) is 2.83. The molecule has 1 aliphatic heterocycles. The zero-order valence-corrected chi connectivity index (χ0v) is 14.1. The SMILES string of the molecule is Cc1cccc(N2C(=O)C[C@H](Sc3nc(C)cc(C)n3)C2=O)c1. The third-order valence-corrected chi connectivity index (χ3v) is 4.62. The van der Waals surface area contributed by atoms with E-state index >= 15 is 0 Å². The fourth-order valence-electron chi connectivity index (χ4n) is 2.61. The Kier molecular flexibility index (Phi) is 4.17. The van der Waals surface area contributed by atoms with Crippen molar-refractivity contribution in [2.24, 2.45) is 0 Å². The summed E-state index contributed by atoms with van der Waals surface area (Å²) in [6.45, 7) is 5.71. The summed E-state index contributed by atoms with van der Waals surface area (Å²) in [6, 6.07) is 9.28. The fraction of sp³-hybridized carbons (Fsp3) is 0.294. The van der Waals surface area contributed by atoms with E-state index in [1.807, 2.05) is 45.0 Å². The Balaban J connectivity index is 1.83. The monoisotopic (exact) mass is 327 g/mol. The number of benzene rings is 1. The number of imide groups is 1. The minimum Gasteiger partial charge on any atom is -0.274 e. The first-order valence-electron chi connectivity index (χ1n) is 7.36. The van der Waals surface area contributed by atoms with Gasteiger partial charge in [0.05, 0.1) is 5.69 Å². The smallest absolute Gasteiger partial charge is 0.247 e. The van der Waals surface area contributed by atoms with E-state index in [0.29, 0.717) is 10.8 Å². The van der Waals surface area contributed by atoms with Gasteiger partial charge in [-0.1, -0.05) is 23.9 Å². The van der Waals surface area contributed by atoms with Gasteiger partial charge in [-0.3, -0.25) is 9.59 Å². The van der Waals surface area contributed by atoms with Crippen LogP contribution >= 0.6 is 11.8 Å². The van der Waals surface area contributed by atoms with Crippen LogP contribution in [0.1, 0.15) is 23.4 Å². The number of hydrogen-bond acceptors (Lipinski definition) is 5. The van der Waals surface area contributed by atoms with Crippen molar-refractivity contribution >= 4 is 29.3 Å². The van der Waals surface area contributed by atoms with Gasteiger partial charge in [0.25, 0.3) is 0 Å². The zero-order valence-electron chi connectivity index (χ0n) is 13.2. The summed E-state index contributed by atoms with van der Waals surface area (Å²) in [5, 5.41) is 0.0731. The molecule has 1 aromatic carbocycles. The Morgan fingerprint density at radius 2 is 1.78 bits per heavy atom. The van der Waals surface area contributed by atoms with Crippen LogP contribution in [0, 0.1) is 20.8 Å². The summed E-state index contributed by atoms with van der Waals surface area (Å²) in [5.41, 5.74) is 3.35. The first kappa shape index (κ1) is 15.7. The molecule has 2 heterocycles. The summed E-state index contributed by atoms with van der Waals surface area (Å²) < 4.78 is 0. The van der Waals surface area contributed by atoms with Crippen molar-refractivity contribution in [2.75, 3.05) is 4.90 Å². The van der Waals surface area contributed by atoms with Crippen LogP contribution in [-0.4, -0.2) is 27.0 Å². The first-order chi connectivity index (χ1) is 10.9. The Labute approximate surface area is 139 Å². The summed E-state index contributed by atoms with van der Waals surface area (Å²) in [7, 11) is 0. The molecule has 0 aliphatic carbocycles. The molecule has 0 saturated carbocycles. The molecule has 1 aromatic heterocycles. The number of thioether (sulfide) groups is 1. The van der Waals surface area contributed by atoms with E-state index in [4.69, 9.17) is 0 Å². The maximum Gasteiger partial charge on any atom is 0.247 e. The minimum atomic E-state index is -0.468. The van der Waals surface area contributed by atoms with Crippen molar-refractivity contribution in [3.8, 4) is 0 Å². The highest BCUT2D eigenvalue weighted by Crippen LogP contribution is 2.32. The topological polar surface area (TPSA) is 63.2 Å². The predicted molar refractivity (Wildman–Crippen MR) is 89.4 cm³/mol. The van der Waals surface area contributed by atoms with Crippen LogP contribution in [-0.2, 0) is 9.59 Å². The zero-order chi connectivity index (χ0) is 16.6. The molecule has 0 radical (unpaired) electrons. The molecule has 1 aliphatic rings. The second-order valence-electron chi connectivity index (χ2n) is 5.65. The molecule has 2 amide bonds. The van der Waals surface area contributed by atoms with Gasteiger partial charge in [-0.25, -0.2) is 14.9 Å². The first-order valence-corrected chi connectivity index (χ1v) is 8.24. The molecule has 0 spiro atoms. The van der Waals surface area contributed by atoms with Crippen molar-refractivity contribution < 1.29 is 9.59 Å². The average molecular weight is 327 g/mol. The summed E-state index contributed by atoms with van der Waals surface area (Å²) in [4.78, 5) is 34.9. The molecular formula is C17H17N3O2S. The fourth-order valence-corrected chi connectivity index (χ4v) is 3.69. The van der Waals surface area contributed by atoms with Crippen LogP contribution in [0.5, 0.6) is 0 Å². The molecule has 3 rings (SSSR count). The maximum absolute atomic E-state index is 12.6. The van der Waals surface area contributed by atoms with Crippen LogP contribution < -0.4 is 4.90 Å². The van der Waals surface area contributed by atoms with Crippen LogP contribution in [0.15, 0.2) is 35.5 Å². The van der Waals surface area contributed by atoms with Gasteiger partial charge in [0.2, 0.25) is 11.8 Å². The van der Waals surface area contributed by atoms with E-state index in [-0.39, 0.29) is 18.2 Å². The number of nitrogens with zero attached hydrogens (tertiary/aromatic N) is 3. The van der Waals surface area contributed by atoms with Crippen LogP contribution in [0.25, 0.3) is 0 Å². The number of carbonyl (C=O) groups excluding carboxylic acids is 2. The van der Waals surface area contributed by atoms with Gasteiger partial charge in [0.15, 0.2) is 5.16 Å². The van der Waals surface area contributed by atoms with Gasteiger partial charge < -0.3 is 0 Å². The Morgan fingerprint density at radius 1 is 1.09 bits per heavy atom. The van der Waals surface area contributed by atoms with E-state index in [0.717, 1.165) is 17.0 Å². The van der Waals surface area contributed by atoms with Gasteiger partial charge in [-0.2, -0.15) is 0 Å². The molecule has 6 heteroatoms. The molecule has 0 N–H and O–H groups in total. The number of hydrogen-bond donors (Lipinski definition) is 0. The van der Waals surface area contributed by atoms with Crippen molar-refractivity contribution in [1.29, 1.82) is 0 Å². The lowest BCUT2D eigenvalue weighted by molar-refractivity contribution is -0.121. The average Bonchev–Trinajstić information content (AvgIpc) is 2.72. The highest BCUT2D eigenvalue weighted by molar-refractivity contribution is 8.00. The Morgan fingerprint density at radius 3 is 2.43 bits per heavy atom. The van der Waals surface area contributed by atoms with E-state index in [1.54, 1.807) is 6.07 Å². The number of aromatic nitrogens is 2. The molecule has 1 atom stereocenters. The molecular weight excluding hydrogens is 310 g/mol. The van der Waals surface area contributed by atoms with Crippen molar-refractivity contribution in [3.63, 3.8) is 0 Å². The highest BCUT2D eigenvalue weighted by Gasteiger charge is 2.40. The van der Waals surface area contributed by atoms with Crippen LogP contribution in [0.2, 0.25) is 0 Å². The van der Waals surface area contributed by atoms with Gasteiger partial charge in [0, 0.05) is 17.8 Å².